The molecule has 3 rings (SSSR count). The fraction of sp³-hybridized carbons (Fsp3) is 0.778. The number of hydrogen-bond donors (Lipinski definition) is 5. The Balaban J connectivity index is -0.000000427. The van der Waals surface area contributed by atoms with Gasteiger partial charge < -0.3 is 63.7 Å². The van der Waals surface area contributed by atoms with Gasteiger partial charge in [-0.1, -0.05) is 18.2 Å². The Morgan fingerprint density at radius 1 is 0.818 bits per heavy atom. The summed E-state index contributed by atoms with van der Waals surface area (Å²) in [6, 6.07) is -1.49. The van der Waals surface area contributed by atoms with E-state index < -0.39 is 100 Å². The van der Waals surface area contributed by atoms with E-state index in [1.54, 1.807) is 0 Å². The van der Waals surface area contributed by atoms with Crippen LogP contribution in [0.1, 0.15) is 6.42 Å². The van der Waals surface area contributed by atoms with E-state index in [0.29, 0.717) is 0 Å². The maximum Gasteiger partial charge on any atom is 1.00 e. The Morgan fingerprint density at radius 3 is 1.77 bits per heavy atom. The SMILES string of the molecule is CO[C@H]1[CH-][C@H](O)[C@H](O[C@@H]2OC(CCS(=O)(=O)[O-])[C@@H](O[C@H]3[CH-][C@H](O)[C@H](O)[CH-]O3)[C@H](O)C2[NH-])[CH-]O1.O=S(=O)([O-])O.[Na+].[Na+].[Na+].[Na+].[Na+].[Na+]. The summed E-state index contributed by atoms with van der Waals surface area (Å²) >= 11 is 0. The number of hydrogen-bond acceptors (Lipinski definition) is 16. The van der Waals surface area contributed by atoms with Crippen molar-refractivity contribution in [2.75, 3.05) is 12.9 Å². The van der Waals surface area contributed by atoms with Gasteiger partial charge in [0.2, 0.25) is 10.4 Å². The first-order valence-electron chi connectivity index (χ1n) is 10.7. The van der Waals surface area contributed by atoms with Crippen LogP contribution in [-0.2, 0) is 48.9 Å². The summed E-state index contributed by atoms with van der Waals surface area (Å²) in [5.41, 5.74) is 8.28. The van der Waals surface area contributed by atoms with Crippen LogP contribution in [0.25, 0.3) is 5.73 Å². The van der Waals surface area contributed by atoms with Crippen molar-refractivity contribution in [3.8, 4) is 0 Å². The van der Waals surface area contributed by atoms with Crippen molar-refractivity contribution < 1.29 is 257 Å². The van der Waals surface area contributed by atoms with E-state index in [1.165, 1.54) is 13.5 Å². The van der Waals surface area contributed by atoms with Gasteiger partial charge in [-0.3, -0.25) is 4.55 Å². The van der Waals surface area contributed by atoms with Crippen molar-refractivity contribution in [3.05, 3.63) is 31.8 Å². The zero-order chi connectivity index (χ0) is 28.8. The standard InChI is InChI=1S/C18H28NO13S.6Na.H2O4S/c1-27-13-5-9(21)12(7-29-13)31-18-15(19)16(23)17(11(30-18)2-3-33(24,25)26)32-14-4-8(20)10(22)6-28-14;;;;;;;1-5(2,3)4/h4-23H,2-3H2,1H3,(H,24,25,26);;;;;;;(H2,1,2,3,4)/q-5;6*+1;/p-2/t8-,9-,10+,11?,12+,13+,14-,15?,16+,17+,18-;;;;;;;/m0......./s1. The summed E-state index contributed by atoms with van der Waals surface area (Å²) in [4.78, 5) is 0. The van der Waals surface area contributed by atoms with Crippen molar-refractivity contribution in [2.24, 2.45) is 0 Å². The molecule has 0 bridgehead atoms. The zero-order valence-corrected chi connectivity index (χ0v) is 39.2. The minimum atomic E-state index is -4.92. The van der Waals surface area contributed by atoms with Gasteiger partial charge in [0.1, 0.15) is 12.4 Å². The summed E-state index contributed by atoms with van der Waals surface area (Å²) in [5, 5.41) is 40.1. The molecule has 0 aliphatic carbocycles. The molecule has 3 heterocycles. The second-order valence-corrected chi connectivity index (χ2v) is 10.5. The zero-order valence-electron chi connectivity index (χ0n) is 25.5. The van der Waals surface area contributed by atoms with Crippen LogP contribution in [-0.4, -0.2) is 131 Å². The molecule has 0 radical (unpaired) electrons. The molecular weight excluding hydrogens is 704 g/mol. The molecule has 3 aliphatic heterocycles. The number of methoxy groups -OCH3 is 1. The van der Waals surface area contributed by atoms with Crippen LogP contribution in [0.4, 0.5) is 0 Å². The predicted octanol–water partition coefficient (Wildman–Crippen LogP) is -21.6. The first-order valence-corrected chi connectivity index (χ1v) is 13.6. The second kappa shape index (κ2) is 27.9. The third-order valence-electron chi connectivity index (χ3n) is 5.23. The second-order valence-electron chi connectivity index (χ2n) is 8.11. The molecule has 0 saturated carbocycles. The normalized spacial score (nSPS) is 35.2. The molecule has 3 fully saturated rings. The molecule has 2 unspecified atom stereocenters. The molecule has 11 atom stereocenters. The topological polar surface area (TPSA) is 295 Å². The van der Waals surface area contributed by atoms with Crippen molar-refractivity contribution >= 4 is 20.5 Å². The molecule has 0 aromatic carbocycles. The van der Waals surface area contributed by atoms with Crippen molar-refractivity contribution in [3.63, 3.8) is 0 Å². The third kappa shape index (κ3) is 22.4. The minimum Gasteiger partial charge on any atom is -0.748 e. The average molecular weight is 732 g/mol. The number of aliphatic hydroxyl groups excluding tert-OH is 4. The van der Waals surface area contributed by atoms with Gasteiger partial charge >= 0.3 is 177 Å². The summed E-state index contributed by atoms with van der Waals surface area (Å²) < 4.78 is 98.3. The molecule has 0 amide bonds. The van der Waals surface area contributed by atoms with Crippen LogP contribution < -0.4 is 177 Å². The number of aliphatic hydroxyl groups is 4. The van der Waals surface area contributed by atoms with Gasteiger partial charge in [0.25, 0.3) is 0 Å². The van der Waals surface area contributed by atoms with Crippen LogP contribution in [0.2, 0.25) is 0 Å². The van der Waals surface area contributed by atoms with Gasteiger partial charge in [0, 0.05) is 25.4 Å². The van der Waals surface area contributed by atoms with Gasteiger partial charge in [-0.05, 0) is 18.6 Å². The molecule has 3 saturated heterocycles. The van der Waals surface area contributed by atoms with E-state index >= 15 is 0 Å². The summed E-state index contributed by atoms with van der Waals surface area (Å²) in [6.07, 6.45) is -10.7. The van der Waals surface area contributed by atoms with E-state index in [1.807, 2.05) is 0 Å². The predicted molar refractivity (Wildman–Crippen MR) is 116 cm³/mol. The maximum absolute atomic E-state index is 11.1. The van der Waals surface area contributed by atoms with Crippen molar-refractivity contribution in [1.29, 1.82) is 0 Å². The van der Waals surface area contributed by atoms with Crippen molar-refractivity contribution in [1.82, 2.24) is 0 Å². The van der Waals surface area contributed by atoms with Gasteiger partial charge in [-0.25, -0.2) is 29.7 Å². The maximum atomic E-state index is 11.1. The third-order valence-corrected chi connectivity index (χ3v) is 5.97. The molecular formula is C18H28NNa6O17S2-. The molecule has 44 heavy (non-hydrogen) atoms. The fourth-order valence-corrected chi connectivity index (χ4v) is 3.96. The van der Waals surface area contributed by atoms with E-state index in [-0.39, 0.29) is 177 Å². The van der Waals surface area contributed by atoms with E-state index in [4.69, 9.17) is 51.7 Å². The fourth-order valence-electron chi connectivity index (χ4n) is 3.44. The van der Waals surface area contributed by atoms with Crippen LogP contribution in [0.5, 0.6) is 0 Å². The molecule has 0 spiro atoms. The molecule has 3 aliphatic rings. The first-order chi connectivity index (χ1) is 17.5. The van der Waals surface area contributed by atoms with Gasteiger partial charge in [0.05, 0.1) is 22.3 Å². The summed E-state index contributed by atoms with van der Waals surface area (Å²) in [7, 11) is -8.20. The number of rotatable bonds is 8. The quantitative estimate of drug-likeness (QED) is 0.0670. The van der Waals surface area contributed by atoms with Gasteiger partial charge in [0.15, 0.2) is 0 Å². The van der Waals surface area contributed by atoms with Gasteiger partial charge in [-0.2, -0.15) is 13.2 Å². The monoisotopic (exact) mass is 732 g/mol. The Bertz CT molecular complexity index is 952. The summed E-state index contributed by atoms with van der Waals surface area (Å²) in [6.45, 7) is 2.05. The van der Waals surface area contributed by atoms with Crippen LogP contribution in [0.15, 0.2) is 0 Å². The number of ether oxygens (including phenoxy) is 6. The smallest absolute Gasteiger partial charge is 0.748 e. The average Bonchev–Trinajstić information content (AvgIpc) is 2.79. The van der Waals surface area contributed by atoms with E-state index in [0.717, 1.165) is 19.6 Å². The van der Waals surface area contributed by atoms with Crippen LogP contribution in [0, 0.1) is 26.1 Å². The Kier molecular flexibility index (Phi) is 37.2. The Labute approximate surface area is 389 Å². The Hall–Kier alpha value is 5.34. The molecule has 18 nitrogen and oxygen atoms in total. The molecule has 6 N–H and O–H groups in total. The molecule has 226 valence electrons. The van der Waals surface area contributed by atoms with E-state index in [2.05, 4.69) is 0 Å². The van der Waals surface area contributed by atoms with Crippen molar-refractivity contribution in [2.45, 2.75) is 74.1 Å². The molecule has 0 aromatic rings. The minimum absolute atomic E-state index is 0. The molecule has 0 aromatic heterocycles. The van der Waals surface area contributed by atoms with E-state index in [9.17, 15) is 33.4 Å². The number of nitrogens with one attached hydrogen (secondary N) is 1. The first kappa shape index (κ1) is 58.6. The van der Waals surface area contributed by atoms with Gasteiger partial charge in [-0.15, -0.1) is 0 Å². The van der Waals surface area contributed by atoms with Crippen LogP contribution >= 0.6 is 0 Å². The molecule has 26 heteroatoms. The Morgan fingerprint density at radius 2 is 1.32 bits per heavy atom. The largest absolute Gasteiger partial charge is 1.00 e. The van der Waals surface area contributed by atoms with Crippen LogP contribution in [0.3, 0.4) is 0 Å². The summed E-state index contributed by atoms with van der Waals surface area (Å²) in [5.74, 6) is -0.854.